The molecule has 1 aromatic rings. The Morgan fingerprint density at radius 2 is 1.88 bits per heavy atom. The van der Waals surface area contributed by atoms with E-state index in [0.717, 1.165) is 18.5 Å². The summed E-state index contributed by atoms with van der Waals surface area (Å²) >= 11 is 0. The number of piperidine rings is 1. The summed E-state index contributed by atoms with van der Waals surface area (Å²) in [6, 6.07) is 6.46. The molecular weight excluding hydrogens is 215 g/mol. The predicted octanol–water partition coefficient (Wildman–Crippen LogP) is 2.59. The maximum atomic E-state index is 13.4. The number of aryl methyl sites for hydroxylation is 1. The molecule has 2 aliphatic rings. The first-order chi connectivity index (χ1) is 8.15. The molecule has 2 heterocycles. The molecule has 3 rings (SSSR count). The van der Waals surface area contributed by atoms with Gasteiger partial charge in [-0.3, -0.25) is 0 Å². The van der Waals surface area contributed by atoms with Crippen molar-refractivity contribution in [3.63, 3.8) is 0 Å². The van der Waals surface area contributed by atoms with Crippen molar-refractivity contribution in [2.75, 3.05) is 4.90 Å². The minimum atomic E-state index is -0.139. The molecule has 0 saturated carbocycles. The summed E-state index contributed by atoms with van der Waals surface area (Å²) in [6.07, 6.45) is 4.50. The zero-order chi connectivity index (χ0) is 12.0. The third-order valence-electron chi connectivity index (χ3n) is 4.22. The summed E-state index contributed by atoms with van der Waals surface area (Å²) in [5.74, 6) is -0.139. The van der Waals surface area contributed by atoms with Crippen molar-refractivity contribution in [2.45, 2.75) is 50.7 Å². The van der Waals surface area contributed by atoms with Gasteiger partial charge in [0.25, 0.3) is 0 Å². The number of anilines is 1. The van der Waals surface area contributed by atoms with Crippen molar-refractivity contribution in [3.8, 4) is 0 Å². The van der Waals surface area contributed by atoms with Crippen LogP contribution in [-0.4, -0.2) is 18.1 Å². The third kappa shape index (κ3) is 1.82. The Kier molecular flexibility index (Phi) is 2.58. The van der Waals surface area contributed by atoms with Gasteiger partial charge in [0.1, 0.15) is 5.82 Å². The van der Waals surface area contributed by atoms with Crippen molar-refractivity contribution in [2.24, 2.45) is 5.73 Å². The molecule has 2 aliphatic heterocycles. The minimum Gasteiger partial charge on any atom is -0.365 e. The lowest BCUT2D eigenvalue weighted by Gasteiger charge is -2.40. The normalized spacial score (nSPS) is 31.9. The van der Waals surface area contributed by atoms with E-state index in [2.05, 4.69) is 11.8 Å². The van der Waals surface area contributed by atoms with Gasteiger partial charge in [-0.05, 0) is 50.3 Å². The summed E-state index contributed by atoms with van der Waals surface area (Å²) in [5, 5.41) is 0. The zero-order valence-electron chi connectivity index (χ0n) is 10.2. The lowest BCUT2D eigenvalue weighted by molar-refractivity contribution is 0.413. The van der Waals surface area contributed by atoms with Crippen LogP contribution in [0, 0.1) is 12.7 Å². The van der Waals surface area contributed by atoms with E-state index in [9.17, 15) is 4.39 Å². The van der Waals surface area contributed by atoms with Gasteiger partial charge in [-0.15, -0.1) is 0 Å². The van der Waals surface area contributed by atoms with Crippen LogP contribution in [0.3, 0.4) is 0 Å². The number of nitrogens with two attached hydrogens (primary N) is 1. The summed E-state index contributed by atoms with van der Waals surface area (Å²) in [7, 11) is 0. The number of fused-ring (bicyclic) bond motifs is 2. The standard InChI is InChI=1S/C14H19FN2/c1-9-2-3-10(15)6-14(9)17-12-4-5-13(17)8-11(16)7-12/h2-3,6,11-13H,4-5,7-8,16H2,1H3. The Hall–Kier alpha value is -1.09. The average molecular weight is 234 g/mol. The second kappa shape index (κ2) is 3.98. The molecule has 2 atom stereocenters. The van der Waals surface area contributed by atoms with Gasteiger partial charge in [0.05, 0.1) is 0 Å². The van der Waals surface area contributed by atoms with Crippen LogP contribution in [0.4, 0.5) is 10.1 Å². The summed E-state index contributed by atoms with van der Waals surface area (Å²) in [5.41, 5.74) is 8.30. The highest BCUT2D eigenvalue weighted by Crippen LogP contribution is 2.40. The molecule has 17 heavy (non-hydrogen) atoms. The Labute approximate surface area is 102 Å². The second-order valence-corrected chi connectivity index (χ2v) is 5.45. The average Bonchev–Trinajstić information content (AvgIpc) is 2.54. The Bertz CT molecular complexity index is 418. The Balaban J connectivity index is 1.97. The van der Waals surface area contributed by atoms with Crippen LogP contribution >= 0.6 is 0 Å². The molecule has 0 aliphatic carbocycles. The van der Waals surface area contributed by atoms with Crippen LogP contribution in [0.25, 0.3) is 0 Å². The molecule has 2 unspecified atom stereocenters. The van der Waals surface area contributed by atoms with E-state index < -0.39 is 0 Å². The van der Waals surface area contributed by atoms with Crippen LogP contribution < -0.4 is 10.6 Å². The first kappa shape index (κ1) is 11.0. The first-order valence-corrected chi connectivity index (χ1v) is 6.45. The largest absolute Gasteiger partial charge is 0.365 e. The van der Waals surface area contributed by atoms with Gasteiger partial charge in [0.15, 0.2) is 0 Å². The molecule has 1 aromatic carbocycles. The molecule has 0 amide bonds. The van der Waals surface area contributed by atoms with Crippen molar-refractivity contribution in [3.05, 3.63) is 29.6 Å². The fraction of sp³-hybridized carbons (Fsp3) is 0.571. The molecule has 92 valence electrons. The lowest BCUT2D eigenvalue weighted by Crippen LogP contribution is -2.47. The van der Waals surface area contributed by atoms with E-state index in [1.54, 1.807) is 6.07 Å². The SMILES string of the molecule is Cc1ccc(F)cc1N1C2CCC1CC(N)C2. The van der Waals surface area contributed by atoms with Crippen molar-refractivity contribution < 1.29 is 4.39 Å². The fourth-order valence-corrected chi connectivity index (χ4v) is 3.47. The van der Waals surface area contributed by atoms with E-state index in [1.165, 1.54) is 24.5 Å². The summed E-state index contributed by atoms with van der Waals surface area (Å²) < 4.78 is 13.4. The Morgan fingerprint density at radius 3 is 2.53 bits per heavy atom. The highest BCUT2D eigenvalue weighted by Gasteiger charge is 2.40. The number of hydrogen-bond donors (Lipinski definition) is 1. The van der Waals surface area contributed by atoms with Crippen LogP contribution in [-0.2, 0) is 0 Å². The van der Waals surface area contributed by atoms with Gasteiger partial charge in [0, 0.05) is 23.8 Å². The lowest BCUT2D eigenvalue weighted by atomic mass is 9.96. The van der Waals surface area contributed by atoms with Gasteiger partial charge >= 0.3 is 0 Å². The van der Waals surface area contributed by atoms with Gasteiger partial charge in [-0.2, -0.15) is 0 Å². The molecule has 2 bridgehead atoms. The van der Waals surface area contributed by atoms with E-state index in [1.807, 2.05) is 6.07 Å². The number of rotatable bonds is 1. The van der Waals surface area contributed by atoms with Gasteiger partial charge in [-0.1, -0.05) is 6.07 Å². The smallest absolute Gasteiger partial charge is 0.125 e. The molecule has 2 fully saturated rings. The first-order valence-electron chi connectivity index (χ1n) is 6.45. The van der Waals surface area contributed by atoms with E-state index >= 15 is 0 Å². The maximum Gasteiger partial charge on any atom is 0.125 e. The second-order valence-electron chi connectivity index (χ2n) is 5.45. The molecule has 2 saturated heterocycles. The number of halogens is 1. The zero-order valence-corrected chi connectivity index (χ0v) is 10.2. The van der Waals surface area contributed by atoms with Crippen molar-refractivity contribution >= 4 is 5.69 Å². The fourth-order valence-electron chi connectivity index (χ4n) is 3.47. The van der Waals surface area contributed by atoms with Gasteiger partial charge < -0.3 is 10.6 Å². The van der Waals surface area contributed by atoms with Crippen LogP contribution in [0.2, 0.25) is 0 Å². The molecule has 3 heteroatoms. The Morgan fingerprint density at radius 1 is 1.24 bits per heavy atom. The minimum absolute atomic E-state index is 0.139. The van der Waals surface area contributed by atoms with E-state index in [4.69, 9.17) is 5.73 Å². The van der Waals surface area contributed by atoms with Crippen molar-refractivity contribution in [1.82, 2.24) is 0 Å². The van der Waals surface area contributed by atoms with Crippen molar-refractivity contribution in [1.29, 1.82) is 0 Å². The van der Waals surface area contributed by atoms with Crippen LogP contribution in [0.1, 0.15) is 31.2 Å². The van der Waals surface area contributed by atoms with Gasteiger partial charge in [0.2, 0.25) is 0 Å². The van der Waals surface area contributed by atoms with E-state index in [0.29, 0.717) is 18.1 Å². The molecule has 0 radical (unpaired) electrons. The monoisotopic (exact) mass is 234 g/mol. The highest BCUT2D eigenvalue weighted by molar-refractivity contribution is 5.56. The molecule has 2 nitrogen and oxygen atoms in total. The van der Waals surface area contributed by atoms with Gasteiger partial charge in [-0.25, -0.2) is 4.39 Å². The summed E-state index contributed by atoms with van der Waals surface area (Å²) in [6.45, 7) is 2.06. The number of hydrogen-bond acceptors (Lipinski definition) is 2. The molecule has 0 spiro atoms. The maximum absolute atomic E-state index is 13.4. The van der Waals surface area contributed by atoms with Crippen LogP contribution in [0.5, 0.6) is 0 Å². The number of nitrogens with zero attached hydrogens (tertiary/aromatic N) is 1. The number of benzene rings is 1. The molecule has 0 aromatic heterocycles. The van der Waals surface area contributed by atoms with Crippen LogP contribution in [0.15, 0.2) is 18.2 Å². The summed E-state index contributed by atoms with van der Waals surface area (Å²) in [4.78, 5) is 2.42. The highest BCUT2D eigenvalue weighted by atomic mass is 19.1. The molecular formula is C14H19FN2. The predicted molar refractivity (Wildman–Crippen MR) is 67.6 cm³/mol. The topological polar surface area (TPSA) is 29.3 Å². The van der Waals surface area contributed by atoms with E-state index in [-0.39, 0.29) is 5.82 Å². The third-order valence-corrected chi connectivity index (χ3v) is 4.22. The quantitative estimate of drug-likeness (QED) is 0.809. The molecule has 2 N–H and O–H groups in total.